The minimum absolute atomic E-state index is 0.104. The molecule has 0 radical (unpaired) electrons. The van der Waals surface area contributed by atoms with Crippen molar-refractivity contribution in [1.82, 2.24) is 0 Å². The van der Waals surface area contributed by atoms with E-state index in [1.807, 2.05) is 0 Å². The number of carbonyl (C=O) groups excluding carboxylic acids is 4. The fourth-order valence-electron chi connectivity index (χ4n) is 9.85. The Labute approximate surface area is 517 Å². The Balaban J connectivity index is 5.18. The predicted octanol–water partition coefficient (Wildman–Crippen LogP) is 18.4. The van der Waals surface area contributed by atoms with Crippen LogP contribution in [0.4, 0.5) is 0 Å². The van der Waals surface area contributed by atoms with E-state index in [1.165, 1.54) is 141 Å². The number of hydrogen-bond acceptors (Lipinski definition) is 15. The van der Waals surface area contributed by atoms with Crippen molar-refractivity contribution in [3.05, 3.63) is 0 Å². The fourth-order valence-corrected chi connectivity index (χ4v) is 11.4. The first-order chi connectivity index (χ1) is 40.9. The molecular formula is C66H128O17P2. The van der Waals surface area contributed by atoms with Crippen LogP contribution in [-0.2, 0) is 65.4 Å². The molecule has 0 aromatic heterocycles. The van der Waals surface area contributed by atoms with Gasteiger partial charge in [0.05, 0.1) is 26.4 Å². The molecule has 0 saturated heterocycles. The maximum Gasteiger partial charge on any atom is 0.472 e. The fraction of sp³-hybridized carbons (Fsp3) is 0.939. The lowest BCUT2D eigenvalue weighted by atomic mass is 9.99. The van der Waals surface area contributed by atoms with E-state index in [4.69, 9.17) is 37.0 Å². The van der Waals surface area contributed by atoms with Gasteiger partial charge in [-0.15, -0.1) is 0 Å². The number of unbranched alkanes of at least 4 members (excludes halogenated alkanes) is 34. The summed E-state index contributed by atoms with van der Waals surface area (Å²) < 4.78 is 67.9. The number of phosphoric ester groups is 2. The summed E-state index contributed by atoms with van der Waals surface area (Å²) in [5.41, 5.74) is 0. The minimum atomic E-state index is -4.95. The van der Waals surface area contributed by atoms with Gasteiger partial charge in [0.2, 0.25) is 0 Å². The van der Waals surface area contributed by atoms with E-state index in [0.29, 0.717) is 25.7 Å². The zero-order valence-corrected chi connectivity index (χ0v) is 56.7. The van der Waals surface area contributed by atoms with Crippen LogP contribution in [0.5, 0.6) is 0 Å². The Morgan fingerprint density at radius 1 is 0.341 bits per heavy atom. The molecule has 504 valence electrons. The minimum Gasteiger partial charge on any atom is -0.462 e. The third kappa shape index (κ3) is 59.5. The Morgan fingerprint density at radius 2 is 0.600 bits per heavy atom. The molecule has 85 heavy (non-hydrogen) atoms. The number of esters is 4. The van der Waals surface area contributed by atoms with Crippen LogP contribution in [0.1, 0.15) is 330 Å². The lowest BCUT2D eigenvalue weighted by Crippen LogP contribution is -2.30. The van der Waals surface area contributed by atoms with Crippen LogP contribution in [0.15, 0.2) is 0 Å². The summed E-state index contributed by atoms with van der Waals surface area (Å²) in [6, 6.07) is 0. The number of rotatable bonds is 65. The van der Waals surface area contributed by atoms with Crippen molar-refractivity contribution in [2.75, 3.05) is 39.6 Å². The Morgan fingerprint density at radius 3 is 0.894 bits per heavy atom. The molecule has 3 N–H and O–H groups in total. The number of aliphatic hydroxyl groups is 1. The highest BCUT2D eigenvalue weighted by Crippen LogP contribution is 2.45. The second kappa shape index (κ2) is 58.4. The lowest BCUT2D eigenvalue weighted by molar-refractivity contribution is -0.161. The van der Waals surface area contributed by atoms with E-state index in [2.05, 4.69) is 41.5 Å². The summed E-state index contributed by atoms with van der Waals surface area (Å²) in [6.07, 6.45) is 42.0. The summed E-state index contributed by atoms with van der Waals surface area (Å²) in [5.74, 6) is -0.612. The van der Waals surface area contributed by atoms with Gasteiger partial charge in [-0.25, -0.2) is 9.13 Å². The summed E-state index contributed by atoms with van der Waals surface area (Å²) in [4.78, 5) is 72.1. The van der Waals surface area contributed by atoms with Crippen LogP contribution < -0.4 is 0 Å². The molecular weight excluding hydrogens is 1130 g/mol. The molecule has 19 heteroatoms. The third-order valence-corrected chi connectivity index (χ3v) is 17.5. The number of aliphatic hydroxyl groups excluding tert-OH is 1. The van der Waals surface area contributed by atoms with Crippen molar-refractivity contribution in [3.63, 3.8) is 0 Å². The van der Waals surface area contributed by atoms with E-state index in [1.54, 1.807) is 0 Å². The van der Waals surface area contributed by atoms with Gasteiger partial charge in [-0.3, -0.25) is 37.3 Å². The smallest absolute Gasteiger partial charge is 0.462 e. The van der Waals surface area contributed by atoms with Gasteiger partial charge in [-0.2, -0.15) is 0 Å². The largest absolute Gasteiger partial charge is 0.472 e. The van der Waals surface area contributed by atoms with Crippen molar-refractivity contribution >= 4 is 39.5 Å². The number of carbonyl (C=O) groups is 4. The molecule has 0 aliphatic heterocycles. The highest BCUT2D eigenvalue weighted by molar-refractivity contribution is 7.47. The van der Waals surface area contributed by atoms with Gasteiger partial charge in [0.25, 0.3) is 0 Å². The standard InChI is InChI=1S/C66H128O17P2/c1-7-10-12-14-15-16-17-18-19-20-21-26-32-38-44-50-65(70)83-62(55-77-64(69)49-43-37-31-25-23-22-24-29-35-40-46-58(4)5)57-81-85(74,75)79-53-60(67)52-78-84(72,73)80-56-61(54-76-63(68)48-42-34-13-11-8-2)82-66(71)51-45-39-33-28-27-30-36-41-47-59(6)9-3/h58-62,67H,7-57H2,1-6H3,(H,72,73)(H,74,75)/t59?,60-,61+,62+/m0/s1. The first-order valence-corrected chi connectivity index (χ1v) is 37.5. The molecule has 0 saturated carbocycles. The van der Waals surface area contributed by atoms with Gasteiger partial charge in [-0.05, 0) is 37.5 Å². The lowest BCUT2D eigenvalue weighted by Gasteiger charge is -2.21. The highest BCUT2D eigenvalue weighted by atomic mass is 31.2. The van der Waals surface area contributed by atoms with E-state index in [-0.39, 0.29) is 25.7 Å². The van der Waals surface area contributed by atoms with Crippen LogP contribution in [0.2, 0.25) is 0 Å². The van der Waals surface area contributed by atoms with Gasteiger partial charge in [0.15, 0.2) is 12.2 Å². The van der Waals surface area contributed by atoms with Crippen LogP contribution in [0.3, 0.4) is 0 Å². The van der Waals surface area contributed by atoms with E-state index in [9.17, 15) is 43.2 Å². The van der Waals surface area contributed by atoms with Gasteiger partial charge in [0.1, 0.15) is 19.3 Å². The molecule has 0 aromatic rings. The maximum atomic E-state index is 13.0. The monoisotopic (exact) mass is 1250 g/mol. The third-order valence-electron chi connectivity index (χ3n) is 15.6. The number of hydrogen-bond donors (Lipinski definition) is 3. The van der Waals surface area contributed by atoms with Gasteiger partial charge in [0, 0.05) is 25.7 Å². The second-order valence-electron chi connectivity index (χ2n) is 24.6. The van der Waals surface area contributed by atoms with Crippen molar-refractivity contribution in [3.8, 4) is 0 Å². The SMILES string of the molecule is CCCCCCCCCCCCCCCCCC(=O)O[C@H](COC(=O)CCCCCCCCCCCCC(C)C)COP(=O)(O)OC[C@@H](O)COP(=O)(O)OC[C@@H](COC(=O)CCCCCCC)OC(=O)CCCCCCCCCCC(C)CC. The van der Waals surface area contributed by atoms with E-state index >= 15 is 0 Å². The zero-order chi connectivity index (χ0) is 62.9. The van der Waals surface area contributed by atoms with Crippen molar-refractivity contribution in [2.24, 2.45) is 11.8 Å². The van der Waals surface area contributed by atoms with Crippen molar-refractivity contribution in [2.45, 2.75) is 349 Å². The van der Waals surface area contributed by atoms with Crippen LogP contribution >= 0.6 is 15.6 Å². The number of ether oxygens (including phenoxy) is 4. The van der Waals surface area contributed by atoms with Crippen LogP contribution in [-0.4, -0.2) is 96.7 Å². The summed E-state index contributed by atoms with van der Waals surface area (Å²) in [7, 11) is -9.88. The molecule has 0 bridgehead atoms. The Kier molecular flexibility index (Phi) is 57.1. The second-order valence-corrected chi connectivity index (χ2v) is 27.5. The van der Waals surface area contributed by atoms with Gasteiger partial charge >= 0.3 is 39.5 Å². The molecule has 0 amide bonds. The summed E-state index contributed by atoms with van der Waals surface area (Å²) in [5, 5.41) is 10.5. The Hall–Kier alpha value is -1.94. The average molecular weight is 1260 g/mol. The molecule has 17 nitrogen and oxygen atoms in total. The Bertz CT molecular complexity index is 1670. The van der Waals surface area contributed by atoms with Gasteiger partial charge in [-0.1, -0.05) is 279 Å². The zero-order valence-electron chi connectivity index (χ0n) is 54.9. The highest BCUT2D eigenvalue weighted by Gasteiger charge is 2.30. The topological polar surface area (TPSA) is 237 Å². The van der Waals surface area contributed by atoms with Crippen molar-refractivity contribution in [1.29, 1.82) is 0 Å². The predicted molar refractivity (Wildman–Crippen MR) is 340 cm³/mol. The van der Waals surface area contributed by atoms with Gasteiger partial charge < -0.3 is 33.8 Å². The molecule has 0 aliphatic carbocycles. The summed E-state index contributed by atoms with van der Waals surface area (Å²) >= 11 is 0. The molecule has 6 atom stereocenters. The average Bonchev–Trinajstić information content (AvgIpc) is 3.58. The molecule has 0 heterocycles. The first kappa shape index (κ1) is 83.1. The summed E-state index contributed by atoms with van der Waals surface area (Å²) in [6.45, 7) is 9.42. The number of phosphoric acid groups is 2. The van der Waals surface area contributed by atoms with Crippen LogP contribution in [0, 0.1) is 11.8 Å². The molecule has 0 aromatic carbocycles. The maximum absolute atomic E-state index is 13.0. The van der Waals surface area contributed by atoms with E-state index < -0.39 is 97.5 Å². The molecule has 0 fully saturated rings. The normalized spacial score (nSPS) is 14.6. The molecule has 0 aliphatic rings. The first-order valence-electron chi connectivity index (χ1n) is 34.5. The molecule has 0 rings (SSSR count). The van der Waals surface area contributed by atoms with Crippen molar-refractivity contribution < 1.29 is 80.2 Å². The molecule has 0 spiro atoms. The van der Waals surface area contributed by atoms with E-state index in [0.717, 1.165) is 108 Å². The van der Waals surface area contributed by atoms with Crippen LogP contribution in [0.25, 0.3) is 0 Å². The molecule has 3 unspecified atom stereocenters. The quantitative estimate of drug-likeness (QED) is 0.0222.